The Morgan fingerprint density at radius 3 is 2.02 bits per heavy atom. The Kier molecular flexibility index (Phi) is 10.2. The Morgan fingerprint density at radius 2 is 1.46 bits per heavy atom. The number of ether oxygens (including phenoxy) is 1. The van der Waals surface area contributed by atoms with Gasteiger partial charge in [-0.1, -0.05) is 73.5 Å². The molecule has 2 N–H and O–H groups in total. The van der Waals surface area contributed by atoms with Crippen LogP contribution in [0, 0.1) is 19.8 Å². The first-order valence-corrected chi connectivity index (χ1v) is 14.3. The van der Waals surface area contributed by atoms with Crippen LogP contribution in [-0.4, -0.2) is 40.5 Å². The van der Waals surface area contributed by atoms with Gasteiger partial charge in [-0.05, 0) is 89.3 Å². The lowest BCUT2D eigenvalue weighted by atomic mass is 9.95. The highest BCUT2D eigenvalue weighted by molar-refractivity contribution is 6.00. The number of hydrogen-bond acceptors (Lipinski definition) is 4. The number of amides is 3. The summed E-state index contributed by atoms with van der Waals surface area (Å²) in [7, 11) is 0. The second-order valence-electron chi connectivity index (χ2n) is 12.5. The van der Waals surface area contributed by atoms with Gasteiger partial charge < -0.3 is 20.3 Å². The molecule has 3 aromatic rings. The number of carbonyl (C=O) groups excluding carboxylic acids is 3. The summed E-state index contributed by atoms with van der Waals surface area (Å²) < 4.78 is 5.48. The lowest BCUT2D eigenvalue weighted by Gasteiger charge is -2.37. The Labute approximate surface area is 244 Å². The quantitative estimate of drug-likeness (QED) is 0.288. The number of nitrogens with one attached hydrogen (secondary N) is 2. The molecular formula is C34H45N3O4. The van der Waals surface area contributed by atoms with Gasteiger partial charge in [-0.25, -0.2) is 4.79 Å². The molecular weight excluding hydrogens is 514 g/mol. The van der Waals surface area contributed by atoms with E-state index in [1.807, 2.05) is 102 Å². The number of anilines is 1. The number of hydrogen-bond donors (Lipinski definition) is 2. The number of benzene rings is 3. The molecule has 7 heteroatoms. The molecule has 0 aromatic heterocycles. The van der Waals surface area contributed by atoms with E-state index in [0.29, 0.717) is 17.7 Å². The number of fused-ring (bicyclic) bond motifs is 1. The minimum atomic E-state index is -0.928. The summed E-state index contributed by atoms with van der Waals surface area (Å²) in [5.74, 6) is -0.552. The van der Waals surface area contributed by atoms with E-state index in [0.717, 1.165) is 21.9 Å². The minimum Gasteiger partial charge on any atom is -0.444 e. The second kappa shape index (κ2) is 13.2. The SMILES string of the molecule is Cc1cc(C)cc(C(C(=O)Nc2ccc3ccccc3c2)N(C(=O)C(CC(C)C)NC(=O)OC(C)(C)C)C(C)C)c1. The standard InChI is InChI=1S/C34H45N3O4/c1-21(2)16-29(36-33(40)41-34(7,8)9)32(39)37(22(3)4)30(27-18-23(5)17-24(6)19-27)31(38)35-28-15-14-25-12-10-11-13-26(25)20-28/h10-15,17-22,29-30H,16H2,1-9H3,(H,35,38)(H,36,40). The number of rotatable bonds is 9. The average molecular weight is 560 g/mol. The second-order valence-corrected chi connectivity index (χ2v) is 12.5. The van der Waals surface area contributed by atoms with Crippen LogP contribution in [0.4, 0.5) is 10.5 Å². The predicted molar refractivity (Wildman–Crippen MR) is 166 cm³/mol. The molecule has 0 spiro atoms. The third-order valence-electron chi connectivity index (χ3n) is 6.61. The fourth-order valence-corrected chi connectivity index (χ4v) is 5.09. The van der Waals surface area contributed by atoms with E-state index in [1.54, 1.807) is 25.7 Å². The highest BCUT2D eigenvalue weighted by Gasteiger charge is 2.38. The van der Waals surface area contributed by atoms with E-state index < -0.39 is 23.8 Å². The van der Waals surface area contributed by atoms with Gasteiger partial charge in [-0.2, -0.15) is 0 Å². The predicted octanol–water partition coefficient (Wildman–Crippen LogP) is 7.31. The van der Waals surface area contributed by atoms with Crippen molar-refractivity contribution in [1.82, 2.24) is 10.2 Å². The van der Waals surface area contributed by atoms with Gasteiger partial charge in [0.15, 0.2) is 0 Å². The molecule has 0 saturated heterocycles. The maximum Gasteiger partial charge on any atom is 0.408 e. The molecule has 0 aliphatic carbocycles. The third kappa shape index (κ3) is 8.81. The summed E-state index contributed by atoms with van der Waals surface area (Å²) in [6.45, 7) is 17.0. The fraction of sp³-hybridized carbons (Fsp3) is 0.441. The number of nitrogens with zero attached hydrogens (tertiary/aromatic N) is 1. The van der Waals surface area contributed by atoms with E-state index in [-0.39, 0.29) is 23.8 Å². The van der Waals surface area contributed by atoms with Crippen molar-refractivity contribution in [1.29, 1.82) is 0 Å². The van der Waals surface area contributed by atoms with Crippen LogP contribution < -0.4 is 10.6 Å². The van der Waals surface area contributed by atoms with E-state index >= 15 is 0 Å². The molecule has 0 heterocycles. The summed E-state index contributed by atoms with van der Waals surface area (Å²) in [5, 5.41) is 7.94. The molecule has 0 fully saturated rings. The first-order valence-electron chi connectivity index (χ1n) is 14.3. The summed E-state index contributed by atoms with van der Waals surface area (Å²) in [5.41, 5.74) is 2.62. The van der Waals surface area contributed by atoms with Crippen LogP contribution in [0.5, 0.6) is 0 Å². The van der Waals surface area contributed by atoms with Crippen LogP contribution in [-0.2, 0) is 14.3 Å². The molecule has 2 unspecified atom stereocenters. The van der Waals surface area contributed by atoms with Gasteiger partial charge in [0.05, 0.1) is 0 Å². The van der Waals surface area contributed by atoms with Crippen molar-refractivity contribution in [3.05, 3.63) is 77.4 Å². The van der Waals surface area contributed by atoms with E-state index in [1.165, 1.54) is 0 Å². The molecule has 3 aromatic carbocycles. The highest BCUT2D eigenvalue weighted by Crippen LogP contribution is 2.29. The lowest BCUT2D eigenvalue weighted by Crippen LogP contribution is -2.54. The zero-order valence-corrected chi connectivity index (χ0v) is 25.9. The van der Waals surface area contributed by atoms with Crippen molar-refractivity contribution < 1.29 is 19.1 Å². The van der Waals surface area contributed by atoms with Crippen molar-refractivity contribution in [2.45, 2.75) is 92.5 Å². The van der Waals surface area contributed by atoms with Crippen LogP contribution >= 0.6 is 0 Å². The van der Waals surface area contributed by atoms with Crippen LogP contribution in [0.15, 0.2) is 60.7 Å². The molecule has 0 aliphatic heterocycles. The van der Waals surface area contributed by atoms with E-state index in [9.17, 15) is 14.4 Å². The number of alkyl carbamates (subject to hydrolysis) is 1. The molecule has 0 saturated carbocycles. The van der Waals surface area contributed by atoms with Crippen molar-refractivity contribution in [3.8, 4) is 0 Å². The lowest BCUT2D eigenvalue weighted by molar-refractivity contribution is -0.143. The van der Waals surface area contributed by atoms with Gasteiger partial charge >= 0.3 is 6.09 Å². The van der Waals surface area contributed by atoms with Gasteiger partial charge in [0.25, 0.3) is 5.91 Å². The Balaban J connectivity index is 2.05. The molecule has 41 heavy (non-hydrogen) atoms. The average Bonchev–Trinajstić information content (AvgIpc) is 2.84. The monoisotopic (exact) mass is 559 g/mol. The molecule has 0 aliphatic rings. The van der Waals surface area contributed by atoms with Gasteiger partial charge in [-0.3, -0.25) is 9.59 Å². The van der Waals surface area contributed by atoms with Gasteiger partial charge in [0.1, 0.15) is 17.7 Å². The van der Waals surface area contributed by atoms with Crippen LogP contribution in [0.25, 0.3) is 10.8 Å². The molecule has 0 bridgehead atoms. The van der Waals surface area contributed by atoms with Gasteiger partial charge in [-0.15, -0.1) is 0 Å². The molecule has 220 valence electrons. The molecule has 7 nitrogen and oxygen atoms in total. The van der Waals surface area contributed by atoms with Crippen LogP contribution in [0.3, 0.4) is 0 Å². The first-order chi connectivity index (χ1) is 19.1. The zero-order valence-electron chi connectivity index (χ0n) is 25.9. The van der Waals surface area contributed by atoms with Crippen molar-refractivity contribution in [2.24, 2.45) is 5.92 Å². The third-order valence-corrected chi connectivity index (χ3v) is 6.61. The highest BCUT2D eigenvalue weighted by atomic mass is 16.6. The molecule has 3 rings (SSSR count). The maximum absolute atomic E-state index is 14.3. The van der Waals surface area contributed by atoms with Gasteiger partial charge in [0.2, 0.25) is 5.91 Å². The van der Waals surface area contributed by atoms with Crippen molar-refractivity contribution in [3.63, 3.8) is 0 Å². The summed E-state index contributed by atoms with van der Waals surface area (Å²) >= 11 is 0. The summed E-state index contributed by atoms with van der Waals surface area (Å²) in [4.78, 5) is 42.8. The fourth-order valence-electron chi connectivity index (χ4n) is 5.09. The minimum absolute atomic E-state index is 0.110. The Morgan fingerprint density at radius 1 is 0.854 bits per heavy atom. The van der Waals surface area contributed by atoms with Crippen LogP contribution in [0.2, 0.25) is 0 Å². The first kappa shape index (κ1) is 31.7. The molecule has 2 atom stereocenters. The van der Waals surface area contributed by atoms with Crippen molar-refractivity contribution in [2.75, 3.05) is 5.32 Å². The molecule has 3 amide bonds. The van der Waals surface area contributed by atoms with Gasteiger partial charge in [0, 0.05) is 11.7 Å². The van der Waals surface area contributed by atoms with E-state index in [2.05, 4.69) is 10.6 Å². The number of carbonyl (C=O) groups is 3. The topological polar surface area (TPSA) is 87.7 Å². The smallest absolute Gasteiger partial charge is 0.408 e. The largest absolute Gasteiger partial charge is 0.444 e. The van der Waals surface area contributed by atoms with E-state index in [4.69, 9.17) is 4.74 Å². The number of aryl methyl sites for hydroxylation is 2. The van der Waals surface area contributed by atoms with Crippen molar-refractivity contribution >= 4 is 34.4 Å². The molecule has 0 radical (unpaired) electrons. The van der Waals surface area contributed by atoms with Crippen LogP contribution in [0.1, 0.15) is 77.6 Å². The Bertz CT molecular complexity index is 1370. The Hall–Kier alpha value is -3.87. The summed E-state index contributed by atoms with van der Waals surface area (Å²) in [6.07, 6.45) is -0.267. The zero-order chi connectivity index (χ0) is 30.5. The normalized spacial score (nSPS) is 13.1. The summed E-state index contributed by atoms with van der Waals surface area (Å²) in [6, 6.07) is 17.5. The maximum atomic E-state index is 14.3.